The first-order valence-electron chi connectivity index (χ1n) is 8.50. The maximum Gasteiger partial charge on any atom is 0.303 e. The summed E-state index contributed by atoms with van der Waals surface area (Å²) in [5.74, 6) is 1.69. The van der Waals surface area contributed by atoms with E-state index in [1.54, 1.807) is 0 Å². The Morgan fingerprint density at radius 3 is 2.52 bits per heavy atom. The van der Waals surface area contributed by atoms with Crippen LogP contribution in [0.2, 0.25) is 0 Å². The molecule has 0 fully saturated rings. The maximum absolute atomic E-state index is 10.4. The zero-order valence-electron chi connectivity index (χ0n) is 13.4. The van der Waals surface area contributed by atoms with Gasteiger partial charge in [0.25, 0.3) is 0 Å². The second kappa shape index (κ2) is 11.4. The average molecular weight is 294 g/mol. The van der Waals surface area contributed by atoms with Gasteiger partial charge in [0.05, 0.1) is 0 Å². The van der Waals surface area contributed by atoms with Gasteiger partial charge in [-0.05, 0) is 25.7 Å². The number of allylic oxidation sites excluding steroid dienone is 3. The molecule has 1 N–H and O–H groups in total. The predicted molar refractivity (Wildman–Crippen MR) is 86.0 cm³/mol. The van der Waals surface area contributed by atoms with Gasteiger partial charge in [-0.1, -0.05) is 51.2 Å². The molecule has 0 saturated carbocycles. The van der Waals surface area contributed by atoms with Crippen molar-refractivity contribution in [2.24, 2.45) is 0 Å². The summed E-state index contributed by atoms with van der Waals surface area (Å²) >= 11 is 0. The molecule has 1 aliphatic rings. The fraction of sp³-hybridized carbons (Fsp3) is 0.722. The molecule has 0 radical (unpaired) electrons. The third kappa shape index (κ3) is 10.2. The summed E-state index contributed by atoms with van der Waals surface area (Å²) in [5.41, 5.74) is 0. The Bertz CT molecular complexity index is 355. The molecular formula is C18H30O3. The van der Waals surface area contributed by atoms with Crippen LogP contribution in [0.1, 0.15) is 84.0 Å². The van der Waals surface area contributed by atoms with Crippen molar-refractivity contribution >= 4 is 5.97 Å². The van der Waals surface area contributed by atoms with Crippen molar-refractivity contribution < 1.29 is 14.6 Å². The van der Waals surface area contributed by atoms with E-state index in [4.69, 9.17) is 9.84 Å². The van der Waals surface area contributed by atoms with Crippen molar-refractivity contribution in [3.8, 4) is 0 Å². The third-order valence-corrected chi connectivity index (χ3v) is 3.75. The molecule has 0 aromatic carbocycles. The molecule has 3 heteroatoms. The Morgan fingerprint density at radius 2 is 1.76 bits per heavy atom. The first-order chi connectivity index (χ1) is 10.2. The number of carbonyl (C=O) groups is 1. The van der Waals surface area contributed by atoms with Crippen LogP contribution in [0.5, 0.6) is 0 Å². The molecular weight excluding hydrogens is 264 g/mol. The predicted octanol–water partition coefficient (Wildman–Crippen LogP) is 5.57. The van der Waals surface area contributed by atoms with Gasteiger partial charge in [0, 0.05) is 19.3 Å². The lowest BCUT2D eigenvalue weighted by molar-refractivity contribution is -0.137. The lowest BCUT2D eigenvalue weighted by Crippen LogP contribution is -1.93. The van der Waals surface area contributed by atoms with E-state index in [9.17, 15) is 4.79 Å². The number of aliphatic carboxylic acids is 1. The van der Waals surface area contributed by atoms with E-state index in [0.29, 0.717) is 6.42 Å². The van der Waals surface area contributed by atoms with Crippen molar-refractivity contribution in [3.05, 3.63) is 23.7 Å². The highest BCUT2D eigenvalue weighted by molar-refractivity contribution is 5.66. The summed E-state index contributed by atoms with van der Waals surface area (Å²) in [6.07, 6.45) is 17.2. The highest BCUT2D eigenvalue weighted by Crippen LogP contribution is 2.33. The van der Waals surface area contributed by atoms with E-state index in [1.807, 2.05) is 0 Å². The zero-order valence-corrected chi connectivity index (χ0v) is 13.4. The summed E-state index contributed by atoms with van der Waals surface area (Å²) < 4.78 is 5.51. The van der Waals surface area contributed by atoms with Crippen LogP contribution in [0.3, 0.4) is 0 Å². The third-order valence-electron chi connectivity index (χ3n) is 3.75. The molecule has 120 valence electrons. The van der Waals surface area contributed by atoms with Gasteiger partial charge in [0.15, 0.2) is 0 Å². The molecule has 21 heavy (non-hydrogen) atoms. The number of ether oxygens (including phenoxy) is 1. The van der Waals surface area contributed by atoms with Crippen LogP contribution in [-0.4, -0.2) is 11.1 Å². The van der Waals surface area contributed by atoms with Crippen molar-refractivity contribution in [1.29, 1.82) is 0 Å². The monoisotopic (exact) mass is 294 g/mol. The molecule has 1 aliphatic heterocycles. The number of carboxylic acid groups (broad SMARTS) is 1. The second-order valence-corrected chi connectivity index (χ2v) is 5.78. The molecule has 0 aliphatic carbocycles. The number of carboxylic acids is 1. The van der Waals surface area contributed by atoms with Gasteiger partial charge in [-0.15, -0.1) is 0 Å². The lowest BCUT2D eigenvalue weighted by atomic mass is 10.1. The summed E-state index contributed by atoms with van der Waals surface area (Å²) in [7, 11) is 0. The van der Waals surface area contributed by atoms with Gasteiger partial charge in [-0.3, -0.25) is 4.79 Å². The topological polar surface area (TPSA) is 49.8 Å². The van der Waals surface area contributed by atoms with E-state index in [-0.39, 0.29) is 0 Å². The van der Waals surface area contributed by atoms with Crippen LogP contribution in [0.4, 0.5) is 0 Å². The number of hydrogen-bond donors (Lipinski definition) is 1. The van der Waals surface area contributed by atoms with E-state index in [0.717, 1.165) is 38.5 Å². The second-order valence-electron chi connectivity index (χ2n) is 5.78. The van der Waals surface area contributed by atoms with Crippen LogP contribution in [0.25, 0.3) is 0 Å². The number of hydrogen-bond acceptors (Lipinski definition) is 2. The minimum atomic E-state index is -0.682. The van der Waals surface area contributed by atoms with Crippen LogP contribution in [0, 0.1) is 0 Å². The molecule has 0 unspecified atom stereocenters. The van der Waals surface area contributed by atoms with Crippen molar-refractivity contribution in [2.75, 3.05) is 0 Å². The minimum Gasteiger partial charge on any atom is -0.481 e. The SMILES string of the molecule is CCCCC/C=C\CC1=C(CCCCCCCC(=O)O)O1. The summed E-state index contributed by atoms with van der Waals surface area (Å²) in [4.78, 5) is 10.4. The standard InChI is InChI=1S/C18H30O3/c1-2-3-4-5-7-10-13-16-17(21-16)14-11-8-6-9-12-15-18(19)20/h7,10H,2-6,8-9,11-15H2,1H3,(H,19,20)/b10-7-. The van der Waals surface area contributed by atoms with Crippen LogP contribution >= 0.6 is 0 Å². The Kier molecular flexibility index (Phi) is 9.68. The van der Waals surface area contributed by atoms with Gasteiger partial charge in [0.1, 0.15) is 11.5 Å². The molecule has 0 atom stereocenters. The van der Waals surface area contributed by atoms with Crippen molar-refractivity contribution in [2.45, 2.75) is 84.0 Å². The number of unbranched alkanes of at least 4 members (excludes halogenated alkanes) is 7. The first kappa shape index (κ1) is 17.8. The highest BCUT2D eigenvalue weighted by Gasteiger charge is 2.22. The molecule has 0 aromatic rings. The zero-order chi connectivity index (χ0) is 15.3. The normalized spacial score (nSPS) is 13.8. The molecule has 0 spiro atoms. The van der Waals surface area contributed by atoms with Gasteiger partial charge >= 0.3 is 5.97 Å². The molecule has 0 bridgehead atoms. The molecule has 1 rings (SSSR count). The van der Waals surface area contributed by atoms with Gasteiger partial charge in [0.2, 0.25) is 0 Å². The smallest absolute Gasteiger partial charge is 0.303 e. The molecule has 0 saturated heterocycles. The van der Waals surface area contributed by atoms with E-state index in [1.165, 1.54) is 43.6 Å². The molecule has 1 heterocycles. The Hall–Kier alpha value is -1.25. The molecule has 0 aromatic heterocycles. The van der Waals surface area contributed by atoms with Gasteiger partial charge in [-0.25, -0.2) is 0 Å². The Labute approximate surface area is 129 Å². The van der Waals surface area contributed by atoms with Crippen molar-refractivity contribution in [1.82, 2.24) is 0 Å². The van der Waals surface area contributed by atoms with Crippen molar-refractivity contribution in [3.63, 3.8) is 0 Å². The largest absolute Gasteiger partial charge is 0.481 e. The average Bonchev–Trinajstić information content (AvgIpc) is 3.20. The summed E-state index contributed by atoms with van der Waals surface area (Å²) in [5, 5.41) is 8.53. The first-order valence-corrected chi connectivity index (χ1v) is 8.50. The van der Waals surface area contributed by atoms with Gasteiger partial charge < -0.3 is 9.84 Å². The Balaban J connectivity index is 1.90. The van der Waals surface area contributed by atoms with E-state index >= 15 is 0 Å². The summed E-state index contributed by atoms with van der Waals surface area (Å²) in [6.45, 7) is 2.23. The lowest BCUT2D eigenvalue weighted by Gasteiger charge is -1.97. The highest BCUT2D eigenvalue weighted by atomic mass is 16.6. The fourth-order valence-corrected chi connectivity index (χ4v) is 2.38. The Morgan fingerprint density at radius 1 is 1.00 bits per heavy atom. The molecule has 3 nitrogen and oxygen atoms in total. The fourth-order valence-electron chi connectivity index (χ4n) is 2.38. The number of rotatable bonds is 14. The van der Waals surface area contributed by atoms with Crippen LogP contribution in [-0.2, 0) is 9.53 Å². The molecule has 0 amide bonds. The van der Waals surface area contributed by atoms with Gasteiger partial charge in [-0.2, -0.15) is 0 Å². The van der Waals surface area contributed by atoms with E-state index in [2.05, 4.69) is 19.1 Å². The quantitative estimate of drug-likeness (QED) is 0.336. The minimum absolute atomic E-state index is 0.309. The van der Waals surface area contributed by atoms with Crippen LogP contribution < -0.4 is 0 Å². The van der Waals surface area contributed by atoms with E-state index < -0.39 is 5.97 Å². The summed E-state index contributed by atoms with van der Waals surface area (Å²) in [6, 6.07) is 0. The maximum atomic E-state index is 10.4. The van der Waals surface area contributed by atoms with Crippen LogP contribution in [0.15, 0.2) is 23.7 Å².